The van der Waals surface area contributed by atoms with Crippen molar-refractivity contribution in [2.45, 2.75) is 64.8 Å². The third kappa shape index (κ3) is 4.64. The highest BCUT2D eigenvalue weighted by molar-refractivity contribution is 7.87. The molecule has 7 heteroatoms. The molecule has 1 aliphatic rings. The van der Waals surface area contributed by atoms with Gasteiger partial charge in [0.1, 0.15) is 0 Å². The van der Waals surface area contributed by atoms with Gasteiger partial charge in [-0.25, -0.2) is 4.72 Å². The first-order chi connectivity index (χ1) is 16.2. The molecule has 1 amide bonds. The van der Waals surface area contributed by atoms with Gasteiger partial charge in [0.15, 0.2) is 0 Å². The van der Waals surface area contributed by atoms with Crippen LogP contribution in [0.3, 0.4) is 0 Å². The summed E-state index contributed by atoms with van der Waals surface area (Å²) >= 11 is 0. The third-order valence-corrected chi connectivity index (χ3v) is 8.31. The lowest BCUT2D eigenvalue weighted by molar-refractivity contribution is 0.0980. The molecule has 2 heterocycles. The largest absolute Gasteiger partial charge is 0.340 e. The van der Waals surface area contributed by atoms with E-state index in [1.165, 1.54) is 55.7 Å². The van der Waals surface area contributed by atoms with Gasteiger partial charge < -0.3 is 4.57 Å². The van der Waals surface area contributed by atoms with Crippen molar-refractivity contribution in [3.8, 4) is 11.3 Å². The zero-order valence-electron chi connectivity index (χ0n) is 20.6. The second-order valence-corrected chi connectivity index (χ2v) is 11.4. The second kappa shape index (κ2) is 9.92. The Morgan fingerprint density at radius 1 is 1.15 bits per heavy atom. The molecule has 1 aromatic heterocycles. The number of rotatable bonds is 8. The van der Waals surface area contributed by atoms with Gasteiger partial charge in [0, 0.05) is 42.7 Å². The van der Waals surface area contributed by atoms with Crippen LogP contribution < -0.4 is 4.72 Å². The van der Waals surface area contributed by atoms with Crippen molar-refractivity contribution in [3.63, 3.8) is 0 Å². The second-order valence-electron chi connectivity index (χ2n) is 9.52. The number of fused-ring (bicyclic) bond motifs is 5. The van der Waals surface area contributed by atoms with Gasteiger partial charge in [0.25, 0.3) is 5.91 Å². The zero-order valence-corrected chi connectivity index (χ0v) is 21.4. The highest BCUT2D eigenvalue weighted by atomic mass is 32.2. The van der Waals surface area contributed by atoms with E-state index in [1.54, 1.807) is 6.07 Å². The third-order valence-electron chi connectivity index (χ3n) is 6.90. The Labute approximate surface area is 203 Å². The van der Waals surface area contributed by atoms with Crippen LogP contribution in [0.25, 0.3) is 22.2 Å². The van der Waals surface area contributed by atoms with E-state index in [-0.39, 0.29) is 0 Å². The van der Waals surface area contributed by atoms with Crippen molar-refractivity contribution in [1.82, 2.24) is 13.6 Å². The maximum atomic E-state index is 12.8. The van der Waals surface area contributed by atoms with Crippen LogP contribution in [-0.2, 0) is 23.2 Å². The number of carbonyl (C=O) groups excluding carboxylic acids is 1. The number of unbranched alkanes of at least 4 members (excludes halogenated alkanes) is 2. The SMILES string of the molecule is CCCCCC(C)c1c2n(c3cc(C(=O)NS(=O)(=O)N(C)C)ccc13)CCCc1ccccc1-2. The first kappa shape index (κ1) is 24.5. The molecule has 2 aromatic carbocycles. The van der Waals surface area contributed by atoms with Gasteiger partial charge in [0.05, 0.1) is 5.69 Å². The van der Waals surface area contributed by atoms with Crippen molar-refractivity contribution in [1.29, 1.82) is 0 Å². The summed E-state index contributed by atoms with van der Waals surface area (Å²) in [6, 6.07) is 14.2. The normalized spacial score (nSPS) is 14.5. The molecule has 1 unspecified atom stereocenters. The predicted octanol–water partition coefficient (Wildman–Crippen LogP) is 5.47. The van der Waals surface area contributed by atoms with Crippen molar-refractivity contribution in [3.05, 3.63) is 59.2 Å². The summed E-state index contributed by atoms with van der Waals surface area (Å²) in [7, 11) is -1.06. The summed E-state index contributed by atoms with van der Waals surface area (Å²) in [5, 5.41) is 1.16. The monoisotopic (exact) mass is 481 g/mol. The zero-order chi connectivity index (χ0) is 24.5. The molecular formula is C27H35N3O3S. The molecule has 1 atom stereocenters. The lowest BCUT2D eigenvalue weighted by atomic mass is 9.89. The fraction of sp³-hybridized carbons (Fsp3) is 0.444. The summed E-state index contributed by atoms with van der Waals surface area (Å²) in [5.74, 6) is -0.233. The minimum atomic E-state index is -3.86. The first-order valence-electron chi connectivity index (χ1n) is 12.2. The first-order valence-corrected chi connectivity index (χ1v) is 13.7. The van der Waals surface area contributed by atoms with Crippen LogP contribution >= 0.6 is 0 Å². The number of benzene rings is 2. The van der Waals surface area contributed by atoms with E-state index in [4.69, 9.17) is 0 Å². The molecule has 0 radical (unpaired) electrons. The highest BCUT2D eigenvalue weighted by Crippen LogP contribution is 2.43. The molecule has 182 valence electrons. The molecule has 0 aliphatic carbocycles. The molecular weight excluding hydrogens is 446 g/mol. The number of nitrogens with zero attached hydrogens (tertiary/aromatic N) is 2. The van der Waals surface area contributed by atoms with Crippen LogP contribution in [0.1, 0.15) is 73.4 Å². The maximum Gasteiger partial charge on any atom is 0.303 e. The molecule has 1 N–H and O–H groups in total. The Balaban J connectivity index is 1.87. The van der Waals surface area contributed by atoms with E-state index in [1.807, 2.05) is 12.1 Å². The number of hydrogen-bond acceptors (Lipinski definition) is 3. The molecule has 0 bridgehead atoms. The number of amides is 1. The quantitative estimate of drug-likeness (QED) is 0.434. The maximum absolute atomic E-state index is 12.8. The Kier molecular flexibility index (Phi) is 7.14. The summed E-state index contributed by atoms with van der Waals surface area (Å²) in [6.45, 7) is 5.40. The van der Waals surface area contributed by atoms with Gasteiger partial charge in [-0.05, 0) is 48.4 Å². The average molecular weight is 482 g/mol. The minimum Gasteiger partial charge on any atom is -0.340 e. The fourth-order valence-corrected chi connectivity index (χ4v) is 5.58. The van der Waals surface area contributed by atoms with E-state index >= 15 is 0 Å². The fourth-order valence-electron chi connectivity index (χ4n) is 5.05. The van der Waals surface area contributed by atoms with Gasteiger partial charge in [-0.15, -0.1) is 0 Å². The van der Waals surface area contributed by atoms with Crippen LogP contribution in [0, 0.1) is 0 Å². The summed E-state index contributed by atoms with van der Waals surface area (Å²) in [5.41, 5.74) is 6.58. The standard InChI is InChI=1S/C27H35N3O3S/c1-5-6-7-11-19(2)25-23-16-15-21(27(31)28-34(32,33)29(3)4)18-24(23)30-17-10-13-20-12-8-9-14-22(20)26(25)30/h8-9,12,14-16,18-19H,5-7,10-11,13,17H2,1-4H3,(H,28,31). The van der Waals surface area contributed by atoms with E-state index in [9.17, 15) is 13.2 Å². The molecule has 3 aromatic rings. The molecule has 0 fully saturated rings. The van der Waals surface area contributed by atoms with E-state index in [0.717, 1.165) is 41.0 Å². The van der Waals surface area contributed by atoms with Gasteiger partial charge in [-0.2, -0.15) is 12.7 Å². The number of hydrogen-bond donors (Lipinski definition) is 1. The molecule has 0 spiro atoms. The number of aryl methyl sites for hydroxylation is 2. The molecule has 0 saturated heterocycles. The topological polar surface area (TPSA) is 71.4 Å². The Bertz CT molecular complexity index is 1310. The molecule has 6 nitrogen and oxygen atoms in total. The Morgan fingerprint density at radius 2 is 1.91 bits per heavy atom. The van der Waals surface area contributed by atoms with Crippen molar-refractivity contribution in [2.24, 2.45) is 0 Å². The molecule has 34 heavy (non-hydrogen) atoms. The lowest BCUT2D eigenvalue weighted by Crippen LogP contribution is -2.39. The predicted molar refractivity (Wildman–Crippen MR) is 138 cm³/mol. The summed E-state index contributed by atoms with van der Waals surface area (Å²) in [4.78, 5) is 12.8. The molecule has 4 rings (SSSR count). The lowest BCUT2D eigenvalue weighted by Gasteiger charge is -2.16. The van der Waals surface area contributed by atoms with Crippen LogP contribution in [0.2, 0.25) is 0 Å². The highest BCUT2D eigenvalue weighted by Gasteiger charge is 2.27. The van der Waals surface area contributed by atoms with E-state index < -0.39 is 16.1 Å². The number of aromatic nitrogens is 1. The van der Waals surface area contributed by atoms with Gasteiger partial charge in [-0.3, -0.25) is 4.79 Å². The van der Waals surface area contributed by atoms with Crippen molar-refractivity contribution < 1.29 is 13.2 Å². The van der Waals surface area contributed by atoms with Crippen LogP contribution in [0.15, 0.2) is 42.5 Å². The van der Waals surface area contributed by atoms with E-state index in [2.05, 4.69) is 47.4 Å². The van der Waals surface area contributed by atoms with Gasteiger partial charge in [0.2, 0.25) is 0 Å². The Hall–Kier alpha value is -2.64. The minimum absolute atomic E-state index is 0.348. The molecule has 0 saturated carbocycles. The molecule has 1 aliphatic heterocycles. The average Bonchev–Trinajstić information content (AvgIpc) is 3.00. The van der Waals surface area contributed by atoms with Crippen LogP contribution in [-0.4, -0.2) is 37.3 Å². The summed E-state index contributed by atoms with van der Waals surface area (Å²) < 4.78 is 29.9. The van der Waals surface area contributed by atoms with Crippen molar-refractivity contribution in [2.75, 3.05) is 14.1 Å². The van der Waals surface area contributed by atoms with Gasteiger partial charge in [-0.1, -0.05) is 63.4 Å². The van der Waals surface area contributed by atoms with E-state index in [0.29, 0.717) is 11.5 Å². The van der Waals surface area contributed by atoms with Gasteiger partial charge >= 0.3 is 10.2 Å². The Morgan fingerprint density at radius 3 is 2.65 bits per heavy atom. The van der Waals surface area contributed by atoms with Crippen LogP contribution in [0.4, 0.5) is 0 Å². The summed E-state index contributed by atoms with van der Waals surface area (Å²) in [6.07, 6.45) is 6.75. The van der Waals surface area contributed by atoms with Crippen LogP contribution in [0.5, 0.6) is 0 Å². The van der Waals surface area contributed by atoms with Crippen molar-refractivity contribution >= 4 is 27.0 Å². The number of nitrogens with one attached hydrogen (secondary N) is 1. The smallest absolute Gasteiger partial charge is 0.303 e. The number of carbonyl (C=O) groups is 1.